The molecule has 4 aliphatic carbocycles. The van der Waals surface area contributed by atoms with Crippen molar-refractivity contribution in [2.24, 2.45) is 46.3 Å². The van der Waals surface area contributed by atoms with Crippen molar-refractivity contribution < 1.29 is 20.1 Å². The van der Waals surface area contributed by atoms with Crippen LogP contribution in [0.5, 0.6) is 0 Å². The number of aliphatic carboxylic acids is 1. The molecule has 0 radical (unpaired) electrons. The molecule has 0 unspecified atom stereocenters. The molecule has 4 nitrogen and oxygen atoms in total. The standard InChI is InChI=1S/C24H40O4/c1-14(7-10-21(27)28)16-8-9-17-22-18(13-20(26)24(16,17)3)23(2)11-5-4-6-15(23)12-19(22)25/h14-20,22,25-26H,4-13H2,1-3H3,(H,27,28)/t14-,15+,16-,17+,18+,19+,20+,22-,23+,24-/m1/s1. The SMILES string of the molecule is C[C@H](CCC(=O)O)[C@H]1CC[C@H]2[C@H]3[C@@H](O)C[C@@H]4CCCC[C@]4(C)[C@H]3C[C@H](O)[C@]12C. The zero-order valence-corrected chi connectivity index (χ0v) is 17.9. The van der Waals surface area contributed by atoms with Crippen molar-refractivity contribution in [2.45, 2.75) is 97.2 Å². The maximum Gasteiger partial charge on any atom is 0.303 e. The Morgan fingerprint density at radius 2 is 1.82 bits per heavy atom. The molecule has 0 amide bonds. The Hall–Kier alpha value is -0.610. The van der Waals surface area contributed by atoms with Gasteiger partial charge in [-0.15, -0.1) is 0 Å². The van der Waals surface area contributed by atoms with Gasteiger partial charge in [0.1, 0.15) is 0 Å². The predicted molar refractivity (Wildman–Crippen MR) is 109 cm³/mol. The van der Waals surface area contributed by atoms with Gasteiger partial charge in [0.2, 0.25) is 0 Å². The molecule has 28 heavy (non-hydrogen) atoms. The molecule has 0 aromatic rings. The van der Waals surface area contributed by atoms with Gasteiger partial charge in [0.15, 0.2) is 0 Å². The monoisotopic (exact) mass is 392 g/mol. The lowest BCUT2D eigenvalue weighted by Gasteiger charge is -2.63. The molecule has 0 aromatic heterocycles. The van der Waals surface area contributed by atoms with Crippen molar-refractivity contribution in [3.63, 3.8) is 0 Å². The maximum atomic E-state index is 11.5. The molecule has 10 atom stereocenters. The summed E-state index contributed by atoms with van der Waals surface area (Å²) in [6.45, 7) is 6.89. The topological polar surface area (TPSA) is 77.8 Å². The van der Waals surface area contributed by atoms with Crippen molar-refractivity contribution in [3.05, 3.63) is 0 Å². The van der Waals surface area contributed by atoms with E-state index in [1.54, 1.807) is 0 Å². The van der Waals surface area contributed by atoms with Gasteiger partial charge in [0.05, 0.1) is 12.2 Å². The molecule has 4 fully saturated rings. The lowest BCUT2D eigenvalue weighted by Crippen LogP contribution is -2.61. The van der Waals surface area contributed by atoms with Crippen molar-refractivity contribution in [2.75, 3.05) is 0 Å². The number of hydrogen-bond donors (Lipinski definition) is 3. The lowest BCUT2D eigenvalue weighted by molar-refractivity contribution is -0.201. The molecule has 0 bridgehead atoms. The summed E-state index contributed by atoms with van der Waals surface area (Å²) in [4.78, 5) is 11.1. The van der Waals surface area contributed by atoms with Crippen LogP contribution in [0.3, 0.4) is 0 Å². The van der Waals surface area contributed by atoms with Crippen LogP contribution in [-0.4, -0.2) is 33.5 Å². The third-order valence-corrected chi connectivity index (χ3v) is 10.3. The summed E-state index contributed by atoms with van der Waals surface area (Å²) >= 11 is 0. The largest absolute Gasteiger partial charge is 0.481 e. The Morgan fingerprint density at radius 1 is 1.07 bits per heavy atom. The smallest absolute Gasteiger partial charge is 0.303 e. The van der Waals surface area contributed by atoms with Crippen molar-refractivity contribution in [1.82, 2.24) is 0 Å². The van der Waals surface area contributed by atoms with Gasteiger partial charge in [0, 0.05) is 6.42 Å². The Bertz CT molecular complexity index is 605. The zero-order valence-electron chi connectivity index (χ0n) is 17.9. The highest BCUT2D eigenvalue weighted by atomic mass is 16.4. The molecule has 0 saturated heterocycles. The average molecular weight is 393 g/mol. The highest BCUT2D eigenvalue weighted by Gasteiger charge is 2.65. The fourth-order valence-corrected chi connectivity index (χ4v) is 8.74. The Balaban J connectivity index is 1.61. The summed E-state index contributed by atoms with van der Waals surface area (Å²) in [5.74, 6) is 1.66. The van der Waals surface area contributed by atoms with Crippen LogP contribution in [0.25, 0.3) is 0 Å². The first-order chi connectivity index (χ1) is 13.2. The molecule has 0 aliphatic heterocycles. The molecule has 4 heteroatoms. The van der Waals surface area contributed by atoms with Crippen LogP contribution in [0, 0.1) is 46.3 Å². The first-order valence-corrected chi connectivity index (χ1v) is 11.8. The van der Waals surface area contributed by atoms with E-state index >= 15 is 0 Å². The quantitative estimate of drug-likeness (QED) is 0.659. The van der Waals surface area contributed by atoms with Gasteiger partial charge in [-0.2, -0.15) is 0 Å². The number of carboxylic acids is 1. The van der Waals surface area contributed by atoms with Gasteiger partial charge >= 0.3 is 5.97 Å². The number of aliphatic hydroxyl groups excluding tert-OH is 2. The van der Waals surface area contributed by atoms with E-state index in [0.717, 1.165) is 25.7 Å². The molecule has 4 rings (SSSR count). The van der Waals surface area contributed by atoms with Crippen LogP contribution in [0.2, 0.25) is 0 Å². The van der Waals surface area contributed by atoms with Gasteiger partial charge in [-0.1, -0.05) is 33.6 Å². The molecule has 0 heterocycles. The van der Waals surface area contributed by atoms with E-state index in [1.165, 1.54) is 25.7 Å². The van der Waals surface area contributed by atoms with E-state index in [4.69, 9.17) is 5.11 Å². The molecule has 4 aliphatic rings. The highest BCUT2D eigenvalue weighted by Crippen LogP contribution is 2.68. The van der Waals surface area contributed by atoms with Crippen LogP contribution in [0.15, 0.2) is 0 Å². The van der Waals surface area contributed by atoms with Crippen LogP contribution in [-0.2, 0) is 4.79 Å². The number of rotatable bonds is 4. The van der Waals surface area contributed by atoms with Gasteiger partial charge < -0.3 is 15.3 Å². The predicted octanol–water partition coefficient (Wildman–Crippen LogP) is 4.48. The van der Waals surface area contributed by atoms with Gasteiger partial charge in [-0.3, -0.25) is 4.79 Å². The Labute approximate surface area is 170 Å². The number of hydrogen-bond acceptors (Lipinski definition) is 3. The number of aliphatic hydroxyl groups is 2. The van der Waals surface area contributed by atoms with Gasteiger partial charge in [-0.25, -0.2) is 0 Å². The fraction of sp³-hybridized carbons (Fsp3) is 0.958. The minimum atomic E-state index is -0.727. The van der Waals surface area contributed by atoms with Crippen molar-refractivity contribution >= 4 is 5.97 Å². The molecular formula is C24H40O4. The highest BCUT2D eigenvalue weighted by molar-refractivity contribution is 5.66. The summed E-state index contributed by atoms with van der Waals surface area (Å²) in [6.07, 6.45) is 9.32. The van der Waals surface area contributed by atoms with E-state index in [-0.39, 0.29) is 29.5 Å². The first kappa shape index (κ1) is 20.7. The number of carbonyl (C=O) groups is 1. The minimum Gasteiger partial charge on any atom is -0.481 e. The summed E-state index contributed by atoms with van der Waals surface area (Å²) in [6, 6.07) is 0. The van der Waals surface area contributed by atoms with E-state index in [9.17, 15) is 15.0 Å². The van der Waals surface area contributed by atoms with Crippen LogP contribution < -0.4 is 0 Å². The molecule has 0 aromatic carbocycles. The summed E-state index contributed by atoms with van der Waals surface area (Å²) in [5.41, 5.74) is 0.0927. The summed E-state index contributed by atoms with van der Waals surface area (Å²) in [7, 11) is 0. The second kappa shape index (κ2) is 7.27. The van der Waals surface area contributed by atoms with Crippen LogP contribution >= 0.6 is 0 Å². The Morgan fingerprint density at radius 3 is 2.54 bits per heavy atom. The van der Waals surface area contributed by atoms with E-state index < -0.39 is 5.97 Å². The fourth-order valence-electron chi connectivity index (χ4n) is 8.74. The van der Waals surface area contributed by atoms with Crippen LogP contribution in [0.1, 0.15) is 85.0 Å². The summed E-state index contributed by atoms with van der Waals surface area (Å²) < 4.78 is 0. The third-order valence-electron chi connectivity index (χ3n) is 10.3. The van der Waals surface area contributed by atoms with E-state index in [1.807, 2.05) is 0 Å². The molecule has 3 N–H and O–H groups in total. The second-order valence-corrected chi connectivity index (χ2v) is 11.3. The molecule has 160 valence electrons. The first-order valence-electron chi connectivity index (χ1n) is 11.8. The molecule has 0 spiro atoms. The lowest BCUT2D eigenvalue weighted by atomic mass is 9.43. The van der Waals surface area contributed by atoms with Crippen LogP contribution in [0.4, 0.5) is 0 Å². The van der Waals surface area contributed by atoms with Gasteiger partial charge in [-0.05, 0) is 91.3 Å². The minimum absolute atomic E-state index is 0.183. The van der Waals surface area contributed by atoms with Crippen molar-refractivity contribution in [1.29, 1.82) is 0 Å². The van der Waals surface area contributed by atoms with Crippen molar-refractivity contribution in [3.8, 4) is 0 Å². The van der Waals surface area contributed by atoms with Gasteiger partial charge in [0.25, 0.3) is 0 Å². The molecular weight excluding hydrogens is 352 g/mol. The normalized spacial score (nSPS) is 51.7. The zero-order chi connectivity index (χ0) is 20.3. The maximum absolute atomic E-state index is 11.5. The number of carboxylic acid groups (broad SMARTS) is 1. The second-order valence-electron chi connectivity index (χ2n) is 11.3. The summed E-state index contributed by atoms with van der Waals surface area (Å²) in [5, 5.41) is 31.8. The van der Waals surface area contributed by atoms with E-state index in [0.29, 0.717) is 41.9 Å². The third kappa shape index (κ3) is 2.96. The van der Waals surface area contributed by atoms with E-state index in [2.05, 4.69) is 20.8 Å². The Kier molecular flexibility index (Phi) is 5.36. The molecule has 4 saturated carbocycles. The number of fused-ring (bicyclic) bond motifs is 5. The average Bonchev–Trinajstić information content (AvgIpc) is 3.00.